The van der Waals surface area contributed by atoms with Gasteiger partial charge in [0.05, 0.1) is 28.9 Å². The van der Waals surface area contributed by atoms with Gasteiger partial charge in [0.2, 0.25) is 0 Å². The van der Waals surface area contributed by atoms with Crippen LogP contribution in [0.4, 0.5) is 5.69 Å². The molecular weight excluding hydrogens is 354 g/mol. The van der Waals surface area contributed by atoms with Gasteiger partial charge >= 0.3 is 0 Å². The van der Waals surface area contributed by atoms with Gasteiger partial charge in [-0.2, -0.15) is 15.6 Å². The van der Waals surface area contributed by atoms with Gasteiger partial charge in [0.1, 0.15) is 24.5 Å². The number of carbonyl (C=O) groups is 1. The van der Waals surface area contributed by atoms with Crippen molar-refractivity contribution in [1.29, 1.82) is 10.5 Å². The van der Waals surface area contributed by atoms with E-state index in [4.69, 9.17) is 27.2 Å². The summed E-state index contributed by atoms with van der Waals surface area (Å²) in [5.74, 6) is 0. The minimum atomic E-state index is -1.06. The van der Waals surface area contributed by atoms with E-state index in [1.807, 2.05) is 46.0 Å². The second-order valence-corrected chi connectivity index (χ2v) is 5.11. The van der Waals surface area contributed by atoms with Crippen LogP contribution in [-0.4, -0.2) is 34.3 Å². The highest BCUT2D eigenvalue weighted by Crippen LogP contribution is 2.26. The van der Waals surface area contributed by atoms with Crippen molar-refractivity contribution >= 4 is 23.6 Å². The Morgan fingerprint density at radius 3 is 2.50 bits per heavy atom. The van der Waals surface area contributed by atoms with Crippen molar-refractivity contribution in [2.75, 3.05) is 12.4 Å². The summed E-state index contributed by atoms with van der Waals surface area (Å²) in [6, 6.07) is 7.47. The average molecular weight is 376 g/mol. The van der Waals surface area contributed by atoms with Gasteiger partial charge in [-0.25, -0.2) is 0 Å². The smallest absolute Gasteiger partial charge is 0.150 e. The van der Waals surface area contributed by atoms with Crippen LogP contribution in [0.2, 0.25) is 5.02 Å². The molecule has 0 aliphatic carbocycles. The fourth-order valence-electron chi connectivity index (χ4n) is 1.80. The third-order valence-corrected chi connectivity index (χ3v) is 3.56. The summed E-state index contributed by atoms with van der Waals surface area (Å²) in [7, 11) is 1.82. The van der Waals surface area contributed by atoms with E-state index >= 15 is 0 Å². The highest BCUT2D eigenvalue weighted by atomic mass is 35.5. The highest BCUT2D eigenvalue weighted by Gasteiger charge is 2.05. The van der Waals surface area contributed by atoms with Crippen LogP contribution in [0.5, 0.6) is 0 Å². The van der Waals surface area contributed by atoms with Crippen molar-refractivity contribution in [2.24, 2.45) is 0 Å². The summed E-state index contributed by atoms with van der Waals surface area (Å²) in [4.78, 5) is 10.0. The number of nitrogens with one attached hydrogen (secondary N) is 1. The summed E-state index contributed by atoms with van der Waals surface area (Å²) in [6.07, 6.45) is 2.20. The van der Waals surface area contributed by atoms with Crippen LogP contribution in [0.1, 0.15) is 30.5 Å². The van der Waals surface area contributed by atoms with E-state index < -0.39 is 6.10 Å². The van der Waals surface area contributed by atoms with Crippen molar-refractivity contribution in [2.45, 2.75) is 33.4 Å². The van der Waals surface area contributed by atoms with E-state index in [1.165, 1.54) is 17.1 Å². The third kappa shape index (κ3) is 6.94. The lowest BCUT2D eigenvalue weighted by Crippen LogP contribution is -2.17. The highest BCUT2D eigenvalue weighted by molar-refractivity contribution is 6.32. The summed E-state index contributed by atoms with van der Waals surface area (Å²) in [5, 5.41) is 33.2. The monoisotopic (exact) mass is 375 g/mol. The minimum absolute atomic E-state index is 0.0885. The number of aliphatic hydroxyl groups is 1. The molecule has 7 nitrogen and oxygen atoms in total. The quantitative estimate of drug-likeness (QED) is 0.794. The molecule has 1 heterocycles. The maximum Gasteiger partial charge on any atom is 0.150 e. The lowest BCUT2D eigenvalue weighted by molar-refractivity contribution is -0.115. The van der Waals surface area contributed by atoms with Crippen molar-refractivity contribution in [1.82, 2.24) is 9.78 Å². The maximum atomic E-state index is 10.0. The Morgan fingerprint density at radius 1 is 1.38 bits per heavy atom. The van der Waals surface area contributed by atoms with E-state index in [1.54, 1.807) is 6.07 Å². The van der Waals surface area contributed by atoms with Crippen LogP contribution in [0.15, 0.2) is 24.5 Å². The molecule has 2 N–H and O–H groups in total. The Kier molecular flexibility index (Phi) is 11.1. The summed E-state index contributed by atoms with van der Waals surface area (Å²) in [5.41, 5.74) is 2.80. The van der Waals surface area contributed by atoms with E-state index in [0.717, 1.165) is 11.3 Å². The molecule has 0 amide bonds. The van der Waals surface area contributed by atoms with E-state index in [-0.39, 0.29) is 6.54 Å². The van der Waals surface area contributed by atoms with Gasteiger partial charge < -0.3 is 15.2 Å². The summed E-state index contributed by atoms with van der Waals surface area (Å²) in [6.45, 7) is 5.97. The molecule has 0 aliphatic rings. The van der Waals surface area contributed by atoms with Gasteiger partial charge in [-0.05, 0) is 24.6 Å². The van der Waals surface area contributed by atoms with E-state index in [9.17, 15) is 4.79 Å². The molecule has 138 valence electrons. The first kappa shape index (κ1) is 23.1. The number of hydrogen-bond donors (Lipinski definition) is 2. The van der Waals surface area contributed by atoms with Gasteiger partial charge in [-0.15, -0.1) is 0 Å². The normalized spacial score (nSPS) is 10.0. The van der Waals surface area contributed by atoms with Crippen LogP contribution in [0.25, 0.3) is 0 Å². The molecule has 2 aromatic rings. The number of nitriles is 2. The van der Waals surface area contributed by atoms with Crippen molar-refractivity contribution < 1.29 is 9.90 Å². The number of hydrogen-bond acceptors (Lipinski definition) is 6. The van der Waals surface area contributed by atoms with Gasteiger partial charge in [0.15, 0.2) is 0 Å². The zero-order valence-corrected chi connectivity index (χ0v) is 15.9. The zero-order chi connectivity index (χ0) is 20.1. The number of aliphatic hydroxyl groups excluding tert-OH is 1. The van der Waals surface area contributed by atoms with Crippen LogP contribution >= 0.6 is 11.6 Å². The predicted molar refractivity (Wildman–Crippen MR) is 101 cm³/mol. The van der Waals surface area contributed by atoms with Crippen LogP contribution < -0.4 is 5.32 Å². The summed E-state index contributed by atoms with van der Waals surface area (Å²) < 4.78 is 1.34. The molecular formula is C18H22ClN5O2. The fraction of sp³-hybridized carbons (Fsp3) is 0.333. The van der Waals surface area contributed by atoms with Gasteiger partial charge in [0.25, 0.3) is 0 Å². The summed E-state index contributed by atoms with van der Waals surface area (Å²) >= 11 is 5.91. The van der Waals surface area contributed by atoms with Crippen LogP contribution in [0, 0.1) is 29.6 Å². The molecule has 0 bridgehead atoms. The maximum absolute atomic E-state index is 10.0. The topological polar surface area (TPSA) is 115 Å². The SMILES string of the molecule is CC.CNc1ccc(C#N)c(Cl)c1C.N#Cc1cnn(CC(O)C=O)c1. The molecule has 0 aliphatic heterocycles. The molecule has 1 unspecified atom stereocenters. The first-order chi connectivity index (χ1) is 12.5. The molecule has 0 radical (unpaired) electrons. The first-order valence-corrected chi connectivity index (χ1v) is 8.27. The Bertz CT molecular complexity index is 790. The number of benzene rings is 1. The largest absolute Gasteiger partial charge is 0.388 e. The number of halogens is 1. The minimum Gasteiger partial charge on any atom is -0.388 e. The van der Waals surface area contributed by atoms with E-state index in [0.29, 0.717) is 22.4 Å². The second kappa shape index (κ2) is 12.5. The molecule has 0 saturated heterocycles. The van der Waals surface area contributed by atoms with Crippen molar-refractivity contribution in [3.63, 3.8) is 0 Å². The molecule has 0 fully saturated rings. The van der Waals surface area contributed by atoms with Gasteiger partial charge in [0, 0.05) is 18.9 Å². The van der Waals surface area contributed by atoms with Gasteiger partial charge in [-0.3, -0.25) is 4.68 Å². The number of rotatable bonds is 4. The predicted octanol–water partition coefficient (Wildman–Crippen LogP) is 2.90. The van der Waals surface area contributed by atoms with Crippen LogP contribution in [0.3, 0.4) is 0 Å². The van der Waals surface area contributed by atoms with Crippen molar-refractivity contribution in [3.05, 3.63) is 46.2 Å². The number of carbonyl (C=O) groups excluding carboxylic acids is 1. The molecule has 0 spiro atoms. The first-order valence-electron chi connectivity index (χ1n) is 7.89. The standard InChI is InChI=1S/C9H9ClN2.C7H7N3O2.C2H6/c1-6-8(12-2)4-3-7(5-11)9(6)10;8-1-6-2-9-10(3-6)4-7(12)5-11;1-2/h3-4,12H,1-2H3;2-3,5,7,12H,4H2;1-2H3. The van der Waals surface area contributed by atoms with Crippen molar-refractivity contribution in [3.8, 4) is 12.1 Å². The zero-order valence-electron chi connectivity index (χ0n) is 15.2. The fourth-order valence-corrected chi connectivity index (χ4v) is 2.01. The molecule has 1 atom stereocenters. The number of nitrogens with zero attached hydrogens (tertiary/aromatic N) is 4. The lowest BCUT2D eigenvalue weighted by Gasteiger charge is -2.06. The number of aldehydes is 1. The Balaban J connectivity index is 0.000000439. The Morgan fingerprint density at radius 2 is 2.04 bits per heavy atom. The third-order valence-electron chi connectivity index (χ3n) is 3.07. The molecule has 26 heavy (non-hydrogen) atoms. The Labute approximate surface area is 158 Å². The second-order valence-electron chi connectivity index (χ2n) is 4.73. The molecule has 1 aromatic heterocycles. The molecule has 0 saturated carbocycles. The Hall–Kier alpha value is -2.87. The number of anilines is 1. The van der Waals surface area contributed by atoms with Crippen LogP contribution in [-0.2, 0) is 11.3 Å². The molecule has 2 rings (SSSR count). The van der Waals surface area contributed by atoms with E-state index in [2.05, 4.69) is 10.4 Å². The number of aromatic nitrogens is 2. The molecule has 8 heteroatoms. The molecule has 1 aromatic carbocycles. The lowest BCUT2D eigenvalue weighted by atomic mass is 10.1. The average Bonchev–Trinajstić information content (AvgIpc) is 3.13. The van der Waals surface area contributed by atoms with Gasteiger partial charge in [-0.1, -0.05) is 25.4 Å².